The van der Waals surface area contributed by atoms with Crippen molar-refractivity contribution in [3.05, 3.63) is 53.6 Å². The highest BCUT2D eigenvalue weighted by Crippen LogP contribution is 2.18. The van der Waals surface area contributed by atoms with Gasteiger partial charge in [0, 0.05) is 17.6 Å². The molecule has 1 atom stereocenters. The lowest BCUT2D eigenvalue weighted by molar-refractivity contribution is 0.112. The van der Waals surface area contributed by atoms with Crippen LogP contribution in [-0.2, 0) is 0 Å². The molecule has 0 saturated carbocycles. The second-order valence-electron chi connectivity index (χ2n) is 3.71. The number of nitrogens with zero attached hydrogens (tertiary/aromatic N) is 1. The molecule has 3 heteroatoms. The van der Waals surface area contributed by atoms with E-state index in [2.05, 4.69) is 6.07 Å². The van der Waals surface area contributed by atoms with Gasteiger partial charge in [0.2, 0.25) is 0 Å². The van der Waals surface area contributed by atoms with Gasteiger partial charge in [0.25, 0.3) is 0 Å². The number of hydrogen-bond donors (Lipinski definition) is 0. The molecule has 1 aliphatic carbocycles. The van der Waals surface area contributed by atoms with Gasteiger partial charge >= 0.3 is 0 Å². The monoisotopic (exact) mass is 225 g/mol. The maximum Gasteiger partial charge on any atom is 0.150 e. The predicted octanol–water partition coefficient (Wildman–Crippen LogP) is 2.66. The molecule has 84 valence electrons. The summed E-state index contributed by atoms with van der Waals surface area (Å²) in [4.78, 5) is 10.5. The zero-order valence-electron chi connectivity index (χ0n) is 9.17. The molecule has 1 unspecified atom stereocenters. The van der Waals surface area contributed by atoms with Crippen LogP contribution in [0.15, 0.2) is 48.1 Å². The van der Waals surface area contributed by atoms with E-state index in [1.54, 1.807) is 30.3 Å². The van der Waals surface area contributed by atoms with E-state index in [9.17, 15) is 4.79 Å². The maximum atomic E-state index is 10.5. The third-order valence-corrected chi connectivity index (χ3v) is 2.49. The Balaban J connectivity index is 1.99. The molecule has 0 amide bonds. The van der Waals surface area contributed by atoms with Crippen LogP contribution in [0.4, 0.5) is 0 Å². The predicted molar refractivity (Wildman–Crippen MR) is 63.7 cm³/mol. The van der Waals surface area contributed by atoms with Crippen molar-refractivity contribution in [3.8, 4) is 11.8 Å². The van der Waals surface area contributed by atoms with Crippen molar-refractivity contribution < 1.29 is 9.53 Å². The molecule has 0 N–H and O–H groups in total. The molecule has 0 spiro atoms. The zero-order chi connectivity index (χ0) is 12.1. The minimum Gasteiger partial charge on any atom is -0.486 e. The standard InChI is InChI=1S/C14H11NO2/c15-9-11-1-5-13(6-2-11)17-14-7-3-12(10-16)4-8-14/h1-5,7-8,10,13H,6H2. The summed E-state index contributed by atoms with van der Waals surface area (Å²) in [7, 11) is 0. The van der Waals surface area contributed by atoms with Gasteiger partial charge in [-0.15, -0.1) is 0 Å². The second kappa shape index (κ2) is 5.13. The highest BCUT2D eigenvalue weighted by atomic mass is 16.5. The van der Waals surface area contributed by atoms with E-state index in [0.29, 0.717) is 17.6 Å². The van der Waals surface area contributed by atoms with Crippen LogP contribution in [0.3, 0.4) is 0 Å². The second-order valence-corrected chi connectivity index (χ2v) is 3.71. The Morgan fingerprint density at radius 2 is 2.12 bits per heavy atom. The summed E-state index contributed by atoms with van der Waals surface area (Å²) >= 11 is 0. The molecular weight excluding hydrogens is 214 g/mol. The van der Waals surface area contributed by atoms with E-state index in [1.807, 2.05) is 12.2 Å². The molecule has 1 aromatic carbocycles. The maximum absolute atomic E-state index is 10.5. The Morgan fingerprint density at radius 3 is 2.65 bits per heavy atom. The molecule has 0 fully saturated rings. The Bertz CT molecular complexity index is 506. The van der Waals surface area contributed by atoms with Crippen molar-refractivity contribution in [3.63, 3.8) is 0 Å². The number of carbonyl (C=O) groups excluding carboxylic acids is 1. The first kappa shape index (κ1) is 11.2. The number of nitriles is 1. The quantitative estimate of drug-likeness (QED) is 0.743. The molecule has 2 rings (SSSR count). The summed E-state index contributed by atoms with van der Waals surface area (Å²) in [6.45, 7) is 0. The van der Waals surface area contributed by atoms with Crippen molar-refractivity contribution in [2.45, 2.75) is 12.5 Å². The van der Waals surface area contributed by atoms with E-state index >= 15 is 0 Å². The van der Waals surface area contributed by atoms with Gasteiger partial charge in [-0.25, -0.2) is 0 Å². The number of ether oxygens (including phenoxy) is 1. The van der Waals surface area contributed by atoms with Gasteiger partial charge < -0.3 is 4.74 Å². The molecule has 0 bridgehead atoms. The molecule has 0 aliphatic heterocycles. The topological polar surface area (TPSA) is 50.1 Å². The number of aldehydes is 1. The molecule has 17 heavy (non-hydrogen) atoms. The lowest BCUT2D eigenvalue weighted by atomic mass is 10.1. The molecule has 0 saturated heterocycles. The Kier molecular flexibility index (Phi) is 3.37. The Morgan fingerprint density at radius 1 is 1.35 bits per heavy atom. The van der Waals surface area contributed by atoms with Crippen LogP contribution >= 0.6 is 0 Å². The number of benzene rings is 1. The van der Waals surface area contributed by atoms with Gasteiger partial charge in [-0.1, -0.05) is 6.08 Å². The van der Waals surface area contributed by atoms with Crippen LogP contribution in [0, 0.1) is 11.3 Å². The molecule has 0 aromatic heterocycles. The highest BCUT2D eigenvalue weighted by Gasteiger charge is 2.09. The third-order valence-electron chi connectivity index (χ3n) is 2.49. The van der Waals surface area contributed by atoms with Crippen LogP contribution < -0.4 is 4.74 Å². The smallest absolute Gasteiger partial charge is 0.150 e. The normalized spacial score (nSPS) is 18.1. The summed E-state index contributed by atoms with van der Waals surface area (Å²) in [5, 5.41) is 8.68. The SMILES string of the molecule is N#CC1=CCC(Oc2ccc(C=O)cc2)C=C1. The van der Waals surface area contributed by atoms with Crippen LogP contribution in [0.5, 0.6) is 5.75 Å². The minimum atomic E-state index is -0.0471. The van der Waals surface area contributed by atoms with E-state index in [0.717, 1.165) is 12.0 Å². The fourth-order valence-corrected chi connectivity index (χ4v) is 1.57. The fourth-order valence-electron chi connectivity index (χ4n) is 1.57. The molecule has 0 heterocycles. The molecule has 1 aliphatic rings. The lowest BCUT2D eigenvalue weighted by Crippen LogP contribution is -2.14. The first-order valence-corrected chi connectivity index (χ1v) is 5.32. The molecule has 1 aromatic rings. The average molecular weight is 225 g/mol. The molecule has 0 radical (unpaired) electrons. The van der Waals surface area contributed by atoms with Crippen molar-refractivity contribution in [2.75, 3.05) is 0 Å². The average Bonchev–Trinajstić information content (AvgIpc) is 2.40. The van der Waals surface area contributed by atoms with E-state index < -0.39 is 0 Å². The summed E-state index contributed by atoms with van der Waals surface area (Å²) in [6.07, 6.45) is 6.92. The number of carbonyl (C=O) groups is 1. The Labute approximate surface area is 99.6 Å². The molecule has 3 nitrogen and oxygen atoms in total. The zero-order valence-corrected chi connectivity index (χ0v) is 9.17. The van der Waals surface area contributed by atoms with Crippen molar-refractivity contribution >= 4 is 6.29 Å². The summed E-state index contributed by atoms with van der Waals surface area (Å²) < 4.78 is 5.69. The number of hydrogen-bond acceptors (Lipinski definition) is 3. The summed E-state index contributed by atoms with van der Waals surface area (Å²) in [5.74, 6) is 0.721. The number of rotatable bonds is 3. The summed E-state index contributed by atoms with van der Waals surface area (Å²) in [6, 6.07) is 9.04. The number of allylic oxidation sites excluding steroid dienone is 2. The largest absolute Gasteiger partial charge is 0.486 e. The van der Waals surface area contributed by atoms with Crippen LogP contribution in [0.25, 0.3) is 0 Å². The van der Waals surface area contributed by atoms with Crippen molar-refractivity contribution in [2.24, 2.45) is 0 Å². The van der Waals surface area contributed by atoms with Gasteiger partial charge in [0.05, 0.1) is 6.07 Å². The van der Waals surface area contributed by atoms with E-state index in [4.69, 9.17) is 10.00 Å². The van der Waals surface area contributed by atoms with E-state index in [1.165, 1.54) is 0 Å². The van der Waals surface area contributed by atoms with E-state index in [-0.39, 0.29) is 6.10 Å². The highest BCUT2D eigenvalue weighted by molar-refractivity contribution is 5.74. The van der Waals surface area contributed by atoms with Gasteiger partial charge in [-0.05, 0) is 36.4 Å². The molecular formula is C14H11NO2. The minimum absolute atomic E-state index is 0.0471. The van der Waals surface area contributed by atoms with Gasteiger partial charge in [-0.2, -0.15) is 5.26 Å². The summed E-state index contributed by atoms with van der Waals surface area (Å²) in [5.41, 5.74) is 1.30. The fraction of sp³-hybridized carbons (Fsp3) is 0.143. The Hall–Kier alpha value is -2.34. The van der Waals surface area contributed by atoms with Gasteiger partial charge in [0.1, 0.15) is 18.1 Å². The van der Waals surface area contributed by atoms with Crippen LogP contribution in [0.1, 0.15) is 16.8 Å². The van der Waals surface area contributed by atoms with Gasteiger partial charge in [-0.3, -0.25) is 4.79 Å². The third kappa shape index (κ3) is 2.82. The first-order chi connectivity index (χ1) is 8.31. The van der Waals surface area contributed by atoms with Crippen molar-refractivity contribution in [1.82, 2.24) is 0 Å². The van der Waals surface area contributed by atoms with Crippen molar-refractivity contribution in [1.29, 1.82) is 5.26 Å². The van der Waals surface area contributed by atoms with Crippen LogP contribution in [0.2, 0.25) is 0 Å². The first-order valence-electron chi connectivity index (χ1n) is 5.32. The van der Waals surface area contributed by atoms with Crippen LogP contribution in [-0.4, -0.2) is 12.4 Å². The van der Waals surface area contributed by atoms with Gasteiger partial charge in [0.15, 0.2) is 0 Å². The lowest BCUT2D eigenvalue weighted by Gasteiger charge is -2.16.